The Balaban J connectivity index is 3.89. The Morgan fingerprint density at radius 3 is 0.885 bits per heavy atom. The molecule has 0 radical (unpaired) electrons. The van der Waals surface area contributed by atoms with Crippen molar-refractivity contribution >= 4 is 19.8 Å². The van der Waals surface area contributed by atoms with E-state index in [1.807, 2.05) is 21.1 Å². The maximum absolute atomic E-state index is 12.9. The number of esters is 2. The maximum Gasteiger partial charge on any atom is 0.306 e. The summed E-state index contributed by atoms with van der Waals surface area (Å²) < 4.78 is 34.5. The maximum atomic E-state index is 12.9. The zero-order chi connectivity index (χ0) is 69.7. The van der Waals surface area contributed by atoms with E-state index in [2.05, 4.69) is 86.8 Å². The number of carbonyl (C=O) groups excluding carboxylic acids is 2. The Morgan fingerprint density at radius 1 is 0.333 bits per heavy atom. The van der Waals surface area contributed by atoms with E-state index in [1.165, 1.54) is 308 Å². The first-order valence-corrected chi connectivity index (χ1v) is 43.1. The summed E-state index contributed by atoms with van der Waals surface area (Å²) in [6.07, 6.45) is 105. The van der Waals surface area contributed by atoms with Gasteiger partial charge in [-0.15, -0.1) is 0 Å². The molecule has 0 fully saturated rings. The van der Waals surface area contributed by atoms with Crippen LogP contribution in [-0.4, -0.2) is 70.0 Å². The van der Waals surface area contributed by atoms with E-state index in [0.29, 0.717) is 17.4 Å². The lowest BCUT2D eigenvalue weighted by molar-refractivity contribution is -0.870. The standard InChI is InChI=1S/C86H160NO8P/c1-6-8-10-12-14-16-18-20-22-24-26-28-30-32-34-36-38-39-40-41-42-43-44-45-46-47-49-51-53-55-57-59-61-63-65-67-69-71-73-75-77-79-86(89)95-84(83-94-96(90,91)93-81-80-87(3,4)5)82-92-85(88)78-76-74-72-70-68-66-64-62-60-58-56-54-52-50-48-37-35-33-31-29-27-25-23-21-19-17-15-13-11-9-7-2/h8,10,14,16,20,22,26,28,32,34,38-39,84H,6-7,9,11-13,15,17-19,21,23-25,27,29-31,33,35-37,40-83H2,1-5H3/b10-8-,16-14-,22-20-,28-26-,34-32-,39-38-. The summed E-state index contributed by atoms with van der Waals surface area (Å²) in [5.41, 5.74) is 0. The van der Waals surface area contributed by atoms with Crippen molar-refractivity contribution in [3.63, 3.8) is 0 Å². The lowest BCUT2D eigenvalue weighted by Gasteiger charge is -2.28. The molecular weight excluding hydrogens is 1210 g/mol. The average molecular weight is 1370 g/mol. The predicted octanol–water partition coefficient (Wildman–Crippen LogP) is 27.2. The molecule has 0 heterocycles. The number of carbonyl (C=O) groups is 2. The summed E-state index contributed by atoms with van der Waals surface area (Å²) in [5.74, 6) is -0.808. The van der Waals surface area contributed by atoms with Gasteiger partial charge >= 0.3 is 11.9 Å². The molecule has 0 aliphatic carbocycles. The van der Waals surface area contributed by atoms with Crippen molar-refractivity contribution in [2.45, 2.75) is 418 Å². The van der Waals surface area contributed by atoms with Crippen LogP contribution in [0.2, 0.25) is 0 Å². The summed E-state index contributed by atoms with van der Waals surface area (Å²) >= 11 is 0. The first kappa shape index (κ1) is 93.5. The van der Waals surface area contributed by atoms with Crippen molar-refractivity contribution in [1.29, 1.82) is 0 Å². The largest absolute Gasteiger partial charge is 0.756 e. The van der Waals surface area contributed by atoms with E-state index >= 15 is 0 Å². The van der Waals surface area contributed by atoms with Crippen molar-refractivity contribution in [3.8, 4) is 0 Å². The summed E-state index contributed by atoms with van der Waals surface area (Å²) in [6, 6.07) is 0. The molecule has 96 heavy (non-hydrogen) atoms. The van der Waals surface area contributed by atoms with Crippen LogP contribution in [0, 0.1) is 0 Å². The number of unbranched alkanes of at least 4 members (excludes halogenated alkanes) is 52. The number of likely N-dealkylation sites (N-methyl/N-ethyl adjacent to an activating group) is 1. The van der Waals surface area contributed by atoms with Gasteiger partial charge in [0.05, 0.1) is 27.7 Å². The fourth-order valence-electron chi connectivity index (χ4n) is 12.4. The number of nitrogens with zero attached hydrogens (tertiary/aromatic N) is 1. The quantitative estimate of drug-likeness (QED) is 0.0195. The molecule has 0 N–H and O–H groups in total. The number of allylic oxidation sites excluding steroid dienone is 12. The van der Waals surface area contributed by atoms with E-state index in [4.69, 9.17) is 18.5 Å². The predicted molar refractivity (Wildman–Crippen MR) is 416 cm³/mol. The molecule has 0 bridgehead atoms. The van der Waals surface area contributed by atoms with Gasteiger partial charge in [-0.2, -0.15) is 0 Å². The second-order valence-electron chi connectivity index (χ2n) is 29.5. The fraction of sp³-hybridized carbons (Fsp3) is 0.837. The van der Waals surface area contributed by atoms with Crippen LogP contribution < -0.4 is 4.89 Å². The minimum atomic E-state index is -4.64. The van der Waals surface area contributed by atoms with E-state index in [0.717, 1.165) is 70.6 Å². The highest BCUT2D eigenvalue weighted by Gasteiger charge is 2.22. The van der Waals surface area contributed by atoms with Gasteiger partial charge in [0, 0.05) is 12.8 Å². The summed E-state index contributed by atoms with van der Waals surface area (Å²) in [6.45, 7) is 4.20. The van der Waals surface area contributed by atoms with Crippen LogP contribution in [0.5, 0.6) is 0 Å². The molecule has 0 aliphatic rings. The normalized spacial score (nSPS) is 13.4. The Bertz CT molecular complexity index is 1850. The van der Waals surface area contributed by atoms with Crippen LogP contribution >= 0.6 is 7.82 Å². The van der Waals surface area contributed by atoms with Gasteiger partial charge < -0.3 is 27.9 Å². The van der Waals surface area contributed by atoms with Gasteiger partial charge in [0.15, 0.2) is 6.10 Å². The molecule has 562 valence electrons. The zero-order valence-electron chi connectivity index (χ0n) is 64.3. The van der Waals surface area contributed by atoms with Gasteiger partial charge in [0.1, 0.15) is 19.8 Å². The third kappa shape index (κ3) is 80.4. The Kier molecular flexibility index (Phi) is 74.6. The number of quaternary nitrogens is 1. The monoisotopic (exact) mass is 1370 g/mol. The third-order valence-electron chi connectivity index (χ3n) is 18.7. The molecule has 0 aliphatic heterocycles. The Hall–Kier alpha value is -2.55. The molecule has 0 saturated heterocycles. The highest BCUT2D eigenvalue weighted by molar-refractivity contribution is 7.45. The minimum absolute atomic E-state index is 0.0283. The first-order chi connectivity index (χ1) is 47.0. The van der Waals surface area contributed by atoms with E-state index in [9.17, 15) is 19.0 Å². The first-order valence-electron chi connectivity index (χ1n) is 41.6. The van der Waals surface area contributed by atoms with E-state index < -0.39 is 26.5 Å². The third-order valence-corrected chi connectivity index (χ3v) is 19.7. The number of ether oxygens (including phenoxy) is 2. The van der Waals surface area contributed by atoms with Crippen LogP contribution in [-0.2, 0) is 32.7 Å². The molecule has 0 amide bonds. The van der Waals surface area contributed by atoms with Gasteiger partial charge in [-0.25, -0.2) is 0 Å². The molecule has 2 atom stereocenters. The average Bonchev–Trinajstić information content (AvgIpc) is 2.54. The molecule has 0 saturated carbocycles. The highest BCUT2D eigenvalue weighted by Crippen LogP contribution is 2.38. The zero-order valence-corrected chi connectivity index (χ0v) is 65.2. The van der Waals surface area contributed by atoms with Crippen molar-refractivity contribution in [1.82, 2.24) is 0 Å². The molecule has 0 aromatic rings. The molecule has 10 heteroatoms. The van der Waals surface area contributed by atoms with E-state index in [1.54, 1.807) is 0 Å². The minimum Gasteiger partial charge on any atom is -0.756 e. The molecule has 0 rings (SSSR count). The van der Waals surface area contributed by atoms with Crippen molar-refractivity contribution in [2.24, 2.45) is 0 Å². The summed E-state index contributed by atoms with van der Waals surface area (Å²) in [5, 5.41) is 0. The Morgan fingerprint density at radius 2 is 0.594 bits per heavy atom. The molecule has 0 aromatic carbocycles. The molecule has 0 aromatic heterocycles. The Labute approximate surface area is 597 Å². The van der Waals surface area contributed by atoms with Gasteiger partial charge in [-0.3, -0.25) is 14.2 Å². The topological polar surface area (TPSA) is 111 Å². The van der Waals surface area contributed by atoms with Crippen LogP contribution in [0.4, 0.5) is 0 Å². The molecule has 9 nitrogen and oxygen atoms in total. The highest BCUT2D eigenvalue weighted by atomic mass is 31.2. The van der Waals surface area contributed by atoms with Crippen molar-refractivity contribution < 1.29 is 42.1 Å². The van der Waals surface area contributed by atoms with Gasteiger partial charge in [0.2, 0.25) is 0 Å². The summed E-state index contributed by atoms with van der Waals surface area (Å²) in [4.78, 5) is 38.2. The molecule has 0 spiro atoms. The summed E-state index contributed by atoms with van der Waals surface area (Å²) in [7, 11) is 1.19. The van der Waals surface area contributed by atoms with Crippen LogP contribution in [0.3, 0.4) is 0 Å². The van der Waals surface area contributed by atoms with Crippen LogP contribution in [0.25, 0.3) is 0 Å². The lowest BCUT2D eigenvalue weighted by Crippen LogP contribution is -2.37. The van der Waals surface area contributed by atoms with E-state index in [-0.39, 0.29) is 32.0 Å². The van der Waals surface area contributed by atoms with Crippen LogP contribution in [0.15, 0.2) is 72.9 Å². The second kappa shape index (κ2) is 76.6. The number of hydrogen-bond donors (Lipinski definition) is 0. The molecule has 2 unspecified atom stereocenters. The number of rotatable bonds is 78. The lowest BCUT2D eigenvalue weighted by atomic mass is 10.0. The van der Waals surface area contributed by atoms with Crippen molar-refractivity contribution in [3.05, 3.63) is 72.9 Å². The SMILES string of the molecule is CC/C=C\C/C=C\C/C=C\C/C=C\C/C=C\C/C=C\CCCCCCCCCCCCCCCCCCCCCCCCC(=O)OC(COC(=O)CCCCCCCCCCCCCCCCCCCCCCCCCCCCCCCCC)COP(=O)([O-])OCC[N+](C)(C)C. The molecular formula is C86H160NO8P. The number of phosphoric ester groups is 1. The second-order valence-corrected chi connectivity index (χ2v) is 30.9. The fourth-order valence-corrected chi connectivity index (χ4v) is 13.2. The smallest absolute Gasteiger partial charge is 0.306 e. The number of phosphoric acid groups is 1. The van der Waals surface area contributed by atoms with Gasteiger partial charge in [0.25, 0.3) is 7.82 Å². The van der Waals surface area contributed by atoms with Crippen LogP contribution in [0.1, 0.15) is 412 Å². The number of hydrogen-bond acceptors (Lipinski definition) is 8. The van der Waals surface area contributed by atoms with Gasteiger partial charge in [-0.05, 0) is 64.2 Å². The van der Waals surface area contributed by atoms with Crippen molar-refractivity contribution in [2.75, 3.05) is 47.5 Å². The van der Waals surface area contributed by atoms with Gasteiger partial charge in [-0.1, -0.05) is 408 Å².